The molecule has 3 aliphatic heterocycles. The SMILES string of the molecule is CC(C)(C)OC(=O)NCOc1cccc2c1B(O)OC2.Cl.N#CCOc1cccc2c1B(O)OC2.NCOc1cccc2c1B(O)OC2. The number of ether oxygens (including phenoxy) is 4. The van der Waals surface area contributed by atoms with Gasteiger partial charge in [0.2, 0.25) is 0 Å². The van der Waals surface area contributed by atoms with Crippen LogP contribution in [0.3, 0.4) is 0 Å². The number of amides is 1. The van der Waals surface area contributed by atoms with E-state index in [1.54, 1.807) is 39.0 Å². The third kappa shape index (κ3) is 10.3. The number of hydrogen-bond donors (Lipinski definition) is 5. The Kier molecular flexibility index (Phi) is 14.4. The van der Waals surface area contributed by atoms with Crippen molar-refractivity contribution in [3.05, 3.63) is 71.3 Å². The van der Waals surface area contributed by atoms with E-state index in [-0.39, 0.29) is 32.5 Å². The zero-order valence-electron chi connectivity index (χ0n) is 26.7. The minimum atomic E-state index is -0.984. The first-order chi connectivity index (χ1) is 22.5. The Balaban J connectivity index is 0.000000199. The van der Waals surface area contributed by atoms with Crippen molar-refractivity contribution in [1.29, 1.82) is 5.26 Å². The number of rotatable bonds is 7. The summed E-state index contributed by atoms with van der Waals surface area (Å²) in [6.07, 6.45) is -0.554. The molecular weight excluding hydrogens is 646 g/mol. The second kappa shape index (κ2) is 18.0. The number of carbonyl (C=O) groups is 1. The van der Waals surface area contributed by atoms with Crippen molar-refractivity contribution in [1.82, 2.24) is 5.32 Å². The number of halogens is 1. The first kappa shape index (κ1) is 38.5. The number of alkyl carbamates (subject to hydrolysis) is 1. The molecule has 0 fully saturated rings. The first-order valence-corrected chi connectivity index (χ1v) is 14.7. The van der Waals surface area contributed by atoms with Crippen molar-refractivity contribution >= 4 is 56.2 Å². The molecule has 0 aliphatic carbocycles. The highest BCUT2D eigenvalue weighted by atomic mass is 35.5. The van der Waals surface area contributed by atoms with E-state index < -0.39 is 33.0 Å². The molecule has 0 bridgehead atoms. The van der Waals surface area contributed by atoms with E-state index in [1.807, 2.05) is 42.5 Å². The summed E-state index contributed by atoms with van der Waals surface area (Å²) >= 11 is 0. The van der Waals surface area contributed by atoms with Crippen LogP contribution in [0, 0.1) is 11.3 Å². The number of nitrogens with two attached hydrogens (primary N) is 1. The topological polar surface area (TPSA) is 204 Å². The maximum atomic E-state index is 11.5. The highest BCUT2D eigenvalue weighted by Gasteiger charge is 2.32. The van der Waals surface area contributed by atoms with Gasteiger partial charge in [0.25, 0.3) is 0 Å². The van der Waals surface area contributed by atoms with Crippen LogP contribution in [0.2, 0.25) is 0 Å². The zero-order chi connectivity index (χ0) is 34.0. The van der Waals surface area contributed by atoms with E-state index >= 15 is 0 Å². The molecule has 1 amide bonds. The number of hydrogen-bond acceptors (Lipinski definition) is 13. The van der Waals surface area contributed by atoms with E-state index in [0.29, 0.717) is 53.5 Å². The Hall–Kier alpha value is -3.98. The largest absolute Gasteiger partial charge is 0.495 e. The number of nitriles is 1. The third-order valence-corrected chi connectivity index (χ3v) is 6.77. The fraction of sp³-hybridized carbons (Fsp3) is 0.333. The summed E-state index contributed by atoms with van der Waals surface area (Å²) in [5.41, 5.74) is 9.40. The molecule has 48 heavy (non-hydrogen) atoms. The highest BCUT2D eigenvalue weighted by Crippen LogP contribution is 2.20. The average molecular weight is 684 g/mol. The Bertz CT molecular complexity index is 1580. The molecule has 18 heteroatoms. The van der Waals surface area contributed by atoms with Crippen molar-refractivity contribution < 1.29 is 52.8 Å². The molecule has 3 aromatic carbocycles. The van der Waals surface area contributed by atoms with Crippen molar-refractivity contribution in [3.63, 3.8) is 0 Å². The van der Waals surface area contributed by atoms with Crippen molar-refractivity contribution in [2.24, 2.45) is 5.73 Å². The predicted octanol–water partition coefficient (Wildman–Crippen LogP) is 0.193. The highest BCUT2D eigenvalue weighted by molar-refractivity contribution is 6.63. The summed E-state index contributed by atoms with van der Waals surface area (Å²) in [5, 5.41) is 39.5. The van der Waals surface area contributed by atoms with Gasteiger partial charge in [0, 0.05) is 16.4 Å². The van der Waals surface area contributed by atoms with Gasteiger partial charge in [0.05, 0.1) is 19.8 Å². The smallest absolute Gasteiger partial charge is 0.479 e. The first-order valence-electron chi connectivity index (χ1n) is 14.7. The van der Waals surface area contributed by atoms with E-state index in [4.69, 9.17) is 43.9 Å². The van der Waals surface area contributed by atoms with Gasteiger partial charge in [-0.05, 0) is 55.7 Å². The lowest BCUT2D eigenvalue weighted by atomic mass is 9.79. The lowest BCUT2D eigenvalue weighted by Crippen LogP contribution is -2.36. The number of fused-ring (bicyclic) bond motifs is 3. The van der Waals surface area contributed by atoms with E-state index in [0.717, 1.165) is 16.7 Å². The maximum absolute atomic E-state index is 11.5. The molecule has 0 spiro atoms. The number of benzene rings is 3. The summed E-state index contributed by atoms with van der Waals surface area (Å²) in [6, 6.07) is 18.2. The van der Waals surface area contributed by atoms with Crippen LogP contribution in [-0.4, -0.2) is 68.2 Å². The zero-order valence-corrected chi connectivity index (χ0v) is 27.5. The molecule has 3 aromatic rings. The number of nitrogens with zero attached hydrogens (tertiary/aromatic N) is 1. The fourth-order valence-electron chi connectivity index (χ4n) is 4.81. The van der Waals surface area contributed by atoms with Crippen molar-refractivity contribution in [2.75, 3.05) is 20.1 Å². The molecule has 6 N–H and O–H groups in total. The summed E-state index contributed by atoms with van der Waals surface area (Å²) in [7, 11) is -2.79. The van der Waals surface area contributed by atoms with Gasteiger partial charge >= 0.3 is 27.4 Å². The molecule has 0 atom stereocenters. The van der Waals surface area contributed by atoms with Crippen LogP contribution in [-0.2, 0) is 38.5 Å². The van der Waals surface area contributed by atoms with Crippen LogP contribution in [0.4, 0.5) is 4.79 Å². The van der Waals surface area contributed by atoms with Crippen LogP contribution in [0.15, 0.2) is 54.6 Å². The summed E-state index contributed by atoms with van der Waals surface area (Å²) in [5.74, 6) is 1.61. The molecule has 6 rings (SSSR count). The minimum Gasteiger partial charge on any atom is -0.479 e. The molecule has 3 aliphatic rings. The van der Waals surface area contributed by atoms with Crippen LogP contribution < -0.4 is 41.6 Å². The van der Waals surface area contributed by atoms with Gasteiger partial charge in [-0.1, -0.05) is 36.4 Å². The minimum absolute atomic E-state index is 0. The van der Waals surface area contributed by atoms with Crippen LogP contribution in [0.5, 0.6) is 17.2 Å². The van der Waals surface area contributed by atoms with Gasteiger partial charge < -0.3 is 48.0 Å². The normalized spacial score (nSPS) is 13.7. The van der Waals surface area contributed by atoms with Crippen LogP contribution >= 0.6 is 12.4 Å². The van der Waals surface area contributed by atoms with Gasteiger partial charge in [-0.2, -0.15) is 5.26 Å². The third-order valence-electron chi connectivity index (χ3n) is 6.77. The molecular formula is C30H37B3ClN3O11. The monoisotopic (exact) mass is 683 g/mol. The lowest BCUT2D eigenvalue weighted by Gasteiger charge is -2.20. The van der Waals surface area contributed by atoms with E-state index in [1.165, 1.54) is 0 Å². The quantitative estimate of drug-likeness (QED) is 0.167. The maximum Gasteiger partial charge on any atom is 0.495 e. The summed E-state index contributed by atoms with van der Waals surface area (Å²) < 4.78 is 36.1. The predicted molar refractivity (Wildman–Crippen MR) is 179 cm³/mol. The Labute approximate surface area is 285 Å². The standard InChI is InChI=1S/C13H18BNO5.C9H8BNO3.C8H10BNO3.ClH/c1-13(2,3)20-12(16)15-8-18-10-6-4-5-9-7-19-14(17)11(9)10;11-4-5-13-8-3-1-2-7-6-14-10(12)9(7)8;10-5-12-7-3-1-2-6-4-13-9(11)8(6)7;/h4-6,17H,7-8H2,1-3H3,(H,15,16);1-3,12H,5-6H2;1-3,11H,4-5,10H2;1H. The van der Waals surface area contributed by atoms with Crippen molar-refractivity contribution in [3.8, 4) is 23.3 Å². The molecule has 254 valence electrons. The molecule has 3 heterocycles. The second-order valence-electron chi connectivity index (χ2n) is 11.2. The Morgan fingerprint density at radius 2 is 1.23 bits per heavy atom. The summed E-state index contributed by atoms with van der Waals surface area (Å²) in [4.78, 5) is 11.5. The lowest BCUT2D eigenvalue weighted by molar-refractivity contribution is 0.0485. The van der Waals surface area contributed by atoms with Gasteiger partial charge in [-0.3, -0.25) is 11.1 Å². The molecule has 0 radical (unpaired) electrons. The van der Waals surface area contributed by atoms with Crippen LogP contribution in [0.1, 0.15) is 37.5 Å². The van der Waals surface area contributed by atoms with E-state index in [2.05, 4.69) is 5.32 Å². The second-order valence-corrected chi connectivity index (χ2v) is 11.2. The van der Waals surface area contributed by atoms with Gasteiger partial charge in [-0.25, -0.2) is 4.79 Å². The number of carbonyl (C=O) groups excluding carboxylic acids is 1. The fourth-order valence-corrected chi connectivity index (χ4v) is 4.81. The number of nitrogens with one attached hydrogen (secondary N) is 1. The molecule has 0 unspecified atom stereocenters. The van der Waals surface area contributed by atoms with Gasteiger partial charge in [-0.15, -0.1) is 12.4 Å². The molecule has 14 nitrogen and oxygen atoms in total. The van der Waals surface area contributed by atoms with Gasteiger partial charge in [0.1, 0.15) is 35.6 Å². The summed E-state index contributed by atoms with van der Waals surface area (Å²) in [6.45, 7) is 6.55. The van der Waals surface area contributed by atoms with E-state index in [9.17, 15) is 19.9 Å². The molecule has 0 aromatic heterocycles. The average Bonchev–Trinajstić information content (AvgIpc) is 3.73. The Morgan fingerprint density at radius 1 is 0.812 bits per heavy atom. The molecule has 0 saturated carbocycles. The van der Waals surface area contributed by atoms with Gasteiger partial charge in [0.15, 0.2) is 13.3 Å². The van der Waals surface area contributed by atoms with Crippen molar-refractivity contribution in [2.45, 2.75) is 46.2 Å². The van der Waals surface area contributed by atoms with Crippen LogP contribution in [0.25, 0.3) is 0 Å². The molecule has 0 saturated heterocycles. The Morgan fingerprint density at radius 3 is 1.62 bits per heavy atom.